The molecule has 7 nitrogen and oxygen atoms in total. The number of methoxy groups -OCH3 is 1. The zero-order chi connectivity index (χ0) is 29.0. The predicted octanol–water partition coefficient (Wildman–Crippen LogP) is 6.10. The number of aromatic nitrogens is 1. The van der Waals surface area contributed by atoms with Gasteiger partial charge in [-0.1, -0.05) is 24.3 Å². The fourth-order valence-electron chi connectivity index (χ4n) is 6.34. The van der Waals surface area contributed by atoms with Gasteiger partial charge < -0.3 is 19.0 Å². The van der Waals surface area contributed by atoms with Gasteiger partial charge in [-0.25, -0.2) is 9.37 Å². The lowest BCUT2D eigenvalue weighted by atomic mass is 9.93. The molecule has 2 fully saturated rings. The lowest BCUT2D eigenvalue weighted by molar-refractivity contribution is -0.140. The number of carbonyl (C=O) groups excluding carboxylic acids is 2. The number of amides is 1. The second-order valence-corrected chi connectivity index (χ2v) is 12.9. The number of fused-ring (bicyclic) bond motifs is 2. The number of nitrogens with zero attached hydrogens (tertiary/aromatic N) is 3. The molecular weight excluding hydrogens is 549 g/mol. The maximum Gasteiger partial charge on any atom is 0.305 e. The Morgan fingerprint density at radius 2 is 1.88 bits per heavy atom. The van der Waals surface area contributed by atoms with E-state index in [0.717, 1.165) is 30.5 Å². The first-order chi connectivity index (χ1) is 20.4. The van der Waals surface area contributed by atoms with Crippen LogP contribution >= 0.6 is 0 Å². The Labute approximate surface area is 246 Å². The molecule has 0 bridgehead atoms. The van der Waals surface area contributed by atoms with Crippen molar-refractivity contribution >= 4 is 38.2 Å². The molecular formula is C33H32FN3O4Si. The van der Waals surface area contributed by atoms with Gasteiger partial charge in [-0.05, 0) is 85.5 Å². The molecule has 3 heterocycles. The van der Waals surface area contributed by atoms with E-state index < -0.39 is 5.82 Å². The Balaban J connectivity index is 1.17. The topological polar surface area (TPSA) is 75.9 Å². The first kappa shape index (κ1) is 26.9. The molecule has 1 saturated carbocycles. The minimum atomic E-state index is -0.414. The Hall–Kier alpha value is -3.98. The highest BCUT2D eigenvalue weighted by atomic mass is 28.2. The zero-order valence-corrected chi connectivity index (χ0v) is 24.7. The molecule has 9 heteroatoms. The first-order valence-electron chi connectivity index (χ1n) is 14.6. The van der Waals surface area contributed by atoms with Gasteiger partial charge in [0.15, 0.2) is 5.58 Å². The van der Waals surface area contributed by atoms with Gasteiger partial charge in [0.2, 0.25) is 5.89 Å². The molecule has 0 spiro atoms. The lowest BCUT2D eigenvalue weighted by Crippen LogP contribution is -2.39. The predicted molar refractivity (Wildman–Crippen MR) is 159 cm³/mol. The maximum absolute atomic E-state index is 15.5. The van der Waals surface area contributed by atoms with Crippen LogP contribution in [0.15, 0.2) is 59.0 Å². The van der Waals surface area contributed by atoms with Crippen LogP contribution in [0.5, 0.6) is 0 Å². The Morgan fingerprint density at radius 3 is 2.62 bits per heavy atom. The highest BCUT2D eigenvalue weighted by Gasteiger charge is 2.33. The molecule has 0 N–H and O–H groups in total. The number of hydrogen-bond donors (Lipinski definition) is 0. The third-order valence-electron chi connectivity index (χ3n) is 8.89. The summed E-state index contributed by atoms with van der Waals surface area (Å²) < 4.78 is 26.6. The molecule has 2 radical (unpaired) electrons. The van der Waals surface area contributed by atoms with E-state index in [4.69, 9.17) is 14.1 Å². The summed E-state index contributed by atoms with van der Waals surface area (Å²) in [4.78, 5) is 34.5. The molecule has 1 aliphatic carbocycles. The summed E-state index contributed by atoms with van der Waals surface area (Å²) in [7, 11) is 1.82. The van der Waals surface area contributed by atoms with Crippen molar-refractivity contribution in [2.45, 2.75) is 50.1 Å². The van der Waals surface area contributed by atoms with Crippen molar-refractivity contribution in [1.29, 1.82) is 0 Å². The minimum Gasteiger partial charge on any atom is -0.469 e. The second kappa shape index (κ2) is 10.7. The number of anilines is 1. The third kappa shape index (κ3) is 4.79. The number of esters is 1. The van der Waals surface area contributed by atoms with Gasteiger partial charge in [-0.2, -0.15) is 0 Å². The average molecular weight is 582 g/mol. The summed E-state index contributed by atoms with van der Waals surface area (Å²) in [6, 6.07) is 17.1. The lowest BCUT2D eigenvalue weighted by Gasteiger charge is -2.35. The summed E-state index contributed by atoms with van der Waals surface area (Å²) in [5.41, 5.74) is 6.27. The highest BCUT2D eigenvalue weighted by molar-refractivity contribution is 6.45. The van der Waals surface area contributed by atoms with Crippen LogP contribution in [0.2, 0.25) is 5.54 Å². The van der Waals surface area contributed by atoms with Crippen LogP contribution in [-0.4, -0.2) is 57.6 Å². The number of rotatable bonds is 5. The number of oxazole rings is 1. The van der Waals surface area contributed by atoms with Crippen molar-refractivity contribution in [3.8, 4) is 11.5 Å². The van der Waals surface area contributed by atoms with Crippen LogP contribution in [0.25, 0.3) is 22.6 Å². The number of carbonyl (C=O) groups is 2. The molecule has 7 rings (SSSR count). The standard InChI is InChI=1S/C33H32FN3O4Si/c1-19-24-6-4-3-5-20(24)11-14-37(19)32(38)22-15-26(21-7-8-21)30-28(16-22)41-31(35-30)25-10-9-23(17-27(25)34)36-13-12-29(42-18-36)33(39)40-2/h3-6,9-10,15-17,19,21,29H,7-8,11-14,18H2,1-2H3/t19-,29-/m1/s1. The van der Waals surface area contributed by atoms with E-state index in [2.05, 4.69) is 24.0 Å². The van der Waals surface area contributed by atoms with Crippen molar-refractivity contribution in [1.82, 2.24) is 9.88 Å². The number of benzene rings is 3. The first-order valence-corrected chi connectivity index (χ1v) is 15.9. The Morgan fingerprint density at radius 1 is 1.05 bits per heavy atom. The fourth-order valence-corrected chi connectivity index (χ4v) is 7.74. The van der Waals surface area contributed by atoms with Crippen molar-refractivity contribution in [2.24, 2.45) is 0 Å². The van der Waals surface area contributed by atoms with Crippen molar-refractivity contribution < 1.29 is 23.1 Å². The fraction of sp³-hybridized carbons (Fsp3) is 0.364. The molecule has 42 heavy (non-hydrogen) atoms. The normalized spacial score (nSPS) is 20.5. The minimum absolute atomic E-state index is 0.0211. The zero-order valence-electron chi connectivity index (χ0n) is 23.7. The third-order valence-corrected chi connectivity index (χ3v) is 10.5. The molecule has 0 unspecified atom stereocenters. The molecule has 214 valence electrons. The summed E-state index contributed by atoms with van der Waals surface area (Å²) in [5, 5.41) is 0. The number of halogens is 1. The number of ether oxygens (including phenoxy) is 1. The van der Waals surface area contributed by atoms with E-state index in [1.165, 1.54) is 24.3 Å². The van der Waals surface area contributed by atoms with E-state index in [1.54, 1.807) is 12.1 Å². The molecule has 3 aliphatic rings. The summed E-state index contributed by atoms with van der Waals surface area (Å²) >= 11 is 0. The van der Waals surface area contributed by atoms with Gasteiger partial charge in [0.1, 0.15) is 11.3 Å². The highest BCUT2D eigenvalue weighted by Crippen LogP contribution is 2.45. The molecule has 1 saturated heterocycles. The second-order valence-electron chi connectivity index (χ2n) is 11.5. The van der Waals surface area contributed by atoms with E-state index in [0.29, 0.717) is 57.8 Å². The van der Waals surface area contributed by atoms with Crippen LogP contribution in [0.3, 0.4) is 0 Å². The van der Waals surface area contributed by atoms with Crippen molar-refractivity contribution in [3.05, 3.63) is 82.7 Å². The van der Waals surface area contributed by atoms with Crippen molar-refractivity contribution in [3.63, 3.8) is 0 Å². The van der Waals surface area contributed by atoms with Crippen LogP contribution < -0.4 is 4.90 Å². The quantitative estimate of drug-likeness (QED) is 0.209. The molecule has 2 aliphatic heterocycles. The van der Waals surface area contributed by atoms with Crippen molar-refractivity contribution in [2.75, 3.05) is 31.3 Å². The molecule has 1 amide bonds. The SMILES string of the molecule is COC(=O)[C@H]1CCN(c2ccc(-c3nc4c(C5CC5)cc(C(=O)N5CCc6ccccc6[C@H]5C)cc4o3)c(F)c2)C[Si]1. The van der Waals surface area contributed by atoms with E-state index >= 15 is 4.39 Å². The largest absolute Gasteiger partial charge is 0.469 e. The molecule has 2 atom stereocenters. The van der Waals surface area contributed by atoms with Gasteiger partial charge in [-0.15, -0.1) is 0 Å². The average Bonchev–Trinajstić information content (AvgIpc) is 3.78. The summed E-state index contributed by atoms with van der Waals surface area (Å²) in [6.45, 7) is 3.40. The van der Waals surface area contributed by atoms with E-state index in [-0.39, 0.29) is 34.9 Å². The Bertz CT molecular complexity index is 1690. The number of hydrogen-bond acceptors (Lipinski definition) is 6. The van der Waals surface area contributed by atoms with Gasteiger partial charge in [-0.3, -0.25) is 9.59 Å². The monoisotopic (exact) mass is 581 g/mol. The van der Waals surface area contributed by atoms with E-state index in [9.17, 15) is 9.59 Å². The van der Waals surface area contributed by atoms with Gasteiger partial charge in [0.25, 0.3) is 5.91 Å². The van der Waals surface area contributed by atoms with Crippen LogP contribution in [0.4, 0.5) is 10.1 Å². The van der Waals surface area contributed by atoms with Crippen LogP contribution in [0, 0.1) is 5.82 Å². The molecule has 3 aromatic carbocycles. The van der Waals surface area contributed by atoms with E-state index in [1.807, 2.05) is 29.2 Å². The maximum atomic E-state index is 15.5. The molecule has 4 aromatic rings. The summed E-state index contributed by atoms with van der Waals surface area (Å²) in [6.07, 6.45) is 4.28. The van der Waals surface area contributed by atoms with Crippen LogP contribution in [-0.2, 0) is 16.0 Å². The van der Waals surface area contributed by atoms with Gasteiger partial charge in [0, 0.05) is 30.5 Å². The smallest absolute Gasteiger partial charge is 0.305 e. The van der Waals surface area contributed by atoms with Gasteiger partial charge in [0.05, 0.1) is 33.8 Å². The van der Waals surface area contributed by atoms with Crippen LogP contribution in [0.1, 0.15) is 65.2 Å². The molecule has 1 aromatic heterocycles. The summed E-state index contributed by atoms with van der Waals surface area (Å²) in [5.74, 6) is -0.0593. The van der Waals surface area contributed by atoms with Gasteiger partial charge >= 0.3 is 5.97 Å². The Kier molecular flexibility index (Phi) is 6.84.